The van der Waals surface area contributed by atoms with Gasteiger partial charge in [0.1, 0.15) is 11.2 Å². The minimum Gasteiger partial charge on any atom is -0.455 e. The summed E-state index contributed by atoms with van der Waals surface area (Å²) in [6.07, 6.45) is 0. The van der Waals surface area contributed by atoms with E-state index in [4.69, 9.17) is 14.4 Å². The van der Waals surface area contributed by atoms with Crippen LogP contribution in [0.2, 0.25) is 0 Å². The molecule has 0 saturated carbocycles. The maximum Gasteiger partial charge on any atom is 0.161 e. The van der Waals surface area contributed by atoms with E-state index >= 15 is 0 Å². The number of hydrogen-bond acceptors (Lipinski definition) is 4. The molecular formula is C50H33N3O. The van der Waals surface area contributed by atoms with Crippen molar-refractivity contribution in [1.82, 2.24) is 9.97 Å². The van der Waals surface area contributed by atoms with Gasteiger partial charge in [-0.2, -0.15) is 0 Å². The fourth-order valence-corrected chi connectivity index (χ4v) is 7.48. The second-order valence-corrected chi connectivity index (χ2v) is 13.4. The molecule has 0 saturated heterocycles. The predicted octanol–water partition coefficient (Wildman–Crippen LogP) is 13.7. The van der Waals surface area contributed by atoms with E-state index in [0.29, 0.717) is 5.82 Å². The summed E-state index contributed by atoms with van der Waals surface area (Å²) >= 11 is 0. The average molecular weight is 692 g/mol. The first-order valence-electron chi connectivity index (χ1n) is 18.2. The Balaban J connectivity index is 1.23. The van der Waals surface area contributed by atoms with Crippen LogP contribution < -0.4 is 4.90 Å². The fraction of sp³-hybridized carbons (Fsp3) is 0. The van der Waals surface area contributed by atoms with Gasteiger partial charge >= 0.3 is 0 Å². The summed E-state index contributed by atoms with van der Waals surface area (Å²) in [5.74, 6) is 0.648. The molecule has 0 amide bonds. The smallest absolute Gasteiger partial charge is 0.161 e. The molecule has 4 heteroatoms. The highest BCUT2D eigenvalue weighted by Gasteiger charge is 2.22. The van der Waals surface area contributed by atoms with Crippen LogP contribution in [0, 0.1) is 0 Å². The van der Waals surface area contributed by atoms with Crippen LogP contribution in [0.25, 0.3) is 77.7 Å². The highest BCUT2D eigenvalue weighted by Crippen LogP contribution is 2.44. The summed E-state index contributed by atoms with van der Waals surface area (Å²) in [5.41, 5.74) is 11.8. The van der Waals surface area contributed by atoms with Crippen molar-refractivity contribution in [2.24, 2.45) is 0 Å². The third-order valence-corrected chi connectivity index (χ3v) is 10.0. The molecular weight excluding hydrogens is 659 g/mol. The number of hydrogen-bond donors (Lipinski definition) is 0. The van der Waals surface area contributed by atoms with Gasteiger partial charge in [-0.25, -0.2) is 9.97 Å². The summed E-state index contributed by atoms with van der Waals surface area (Å²) in [7, 11) is 0. The van der Waals surface area contributed by atoms with Crippen LogP contribution in [0.5, 0.6) is 0 Å². The van der Waals surface area contributed by atoms with Crippen molar-refractivity contribution < 1.29 is 4.42 Å². The molecule has 0 aliphatic rings. The van der Waals surface area contributed by atoms with Crippen LogP contribution in [-0.4, -0.2) is 9.97 Å². The number of nitrogens with zero attached hydrogens (tertiary/aromatic N) is 3. The highest BCUT2D eigenvalue weighted by molar-refractivity contribution is 6.21. The molecule has 54 heavy (non-hydrogen) atoms. The first-order chi connectivity index (χ1) is 26.8. The molecule has 8 aromatic carbocycles. The van der Waals surface area contributed by atoms with Crippen molar-refractivity contribution in [2.75, 3.05) is 4.90 Å². The van der Waals surface area contributed by atoms with Crippen molar-refractivity contribution in [2.45, 2.75) is 0 Å². The van der Waals surface area contributed by atoms with E-state index in [1.807, 2.05) is 36.4 Å². The molecule has 0 bridgehead atoms. The van der Waals surface area contributed by atoms with Gasteiger partial charge in [-0.3, -0.25) is 0 Å². The van der Waals surface area contributed by atoms with E-state index in [1.165, 1.54) is 5.56 Å². The average Bonchev–Trinajstić information content (AvgIpc) is 3.64. The van der Waals surface area contributed by atoms with Crippen molar-refractivity contribution in [3.8, 4) is 45.0 Å². The number of para-hydroxylation sites is 1. The Morgan fingerprint density at radius 3 is 1.63 bits per heavy atom. The van der Waals surface area contributed by atoms with Gasteiger partial charge in [0, 0.05) is 49.9 Å². The third-order valence-electron chi connectivity index (χ3n) is 10.0. The van der Waals surface area contributed by atoms with Crippen molar-refractivity contribution in [3.05, 3.63) is 200 Å². The zero-order valence-electron chi connectivity index (χ0n) is 29.3. The summed E-state index contributed by atoms with van der Waals surface area (Å²) < 4.78 is 6.81. The van der Waals surface area contributed by atoms with Gasteiger partial charge in [0.15, 0.2) is 5.82 Å². The first-order valence-corrected chi connectivity index (χ1v) is 18.2. The molecule has 0 aliphatic heterocycles. The highest BCUT2D eigenvalue weighted by atomic mass is 16.3. The topological polar surface area (TPSA) is 42.2 Å². The first kappa shape index (κ1) is 31.4. The van der Waals surface area contributed by atoms with Gasteiger partial charge in [-0.05, 0) is 71.1 Å². The second kappa shape index (κ2) is 13.4. The van der Waals surface area contributed by atoms with Gasteiger partial charge in [0.2, 0.25) is 0 Å². The Morgan fingerprint density at radius 1 is 0.389 bits per heavy atom. The molecule has 0 fully saturated rings. The Hall–Kier alpha value is -7.30. The molecule has 0 aliphatic carbocycles. The molecule has 0 atom stereocenters. The maximum atomic E-state index is 6.81. The van der Waals surface area contributed by atoms with Gasteiger partial charge in [0.05, 0.1) is 11.4 Å². The molecule has 2 aromatic heterocycles. The molecule has 0 radical (unpaired) electrons. The summed E-state index contributed by atoms with van der Waals surface area (Å²) in [5, 5.41) is 4.10. The standard InChI is InChI=1S/C50H33N3O/c1-5-16-34(17-6-1)37-23-15-26-40(30-37)53(39-24-11-4-12-25-39)41-28-29-47-43(32-41)48-44(31-38-22-13-14-27-42(38)49(48)54-47)50-51-45(35-18-7-2-8-19-35)33-46(52-50)36-20-9-3-10-21-36/h1-33H. The lowest BCUT2D eigenvalue weighted by molar-refractivity contribution is 0.672. The Kier molecular flexibility index (Phi) is 7.77. The minimum atomic E-state index is 0.648. The molecule has 0 unspecified atom stereocenters. The normalized spacial score (nSPS) is 11.3. The van der Waals surface area contributed by atoms with Crippen LogP contribution in [0.3, 0.4) is 0 Å². The zero-order chi connectivity index (χ0) is 35.8. The van der Waals surface area contributed by atoms with Gasteiger partial charge in [-0.1, -0.05) is 146 Å². The number of fused-ring (bicyclic) bond motifs is 5. The van der Waals surface area contributed by atoms with Crippen LogP contribution >= 0.6 is 0 Å². The SMILES string of the molecule is c1ccc(-c2cccc(N(c3ccccc3)c3ccc4oc5c6ccccc6cc(-c6nc(-c7ccccc7)cc(-c7ccccc7)n6)c5c4c3)c2)cc1. The molecule has 10 aromatic rings. The third kappa shape index (κ3) is 5.67. The molecule has 10 rings (SSSR count). The largest absolute Gasteiger partial charge is 0.455 e. The Morgan fingerprint density at radius 2 is 0.944 bits per heavy atom. The van der Waals surface area contributed by atoms with E-state index in [9.17, 15) is 0 Å². The fourth-order valence-electron chi connectivity index (χ4n) is 7.48. The number of furan rings is 1. The van der Waals surface area contributed by atoms with Gasteiger partial charge in [-0.15, -0.1) is 0 Å². The number of rotatable bonds is 7. The van der Waals surface area contributed by atoms with E-state index in [0.717, 1.165) is 83.4 Å². The molecule has 254 valence electrons. The maximum absolute atomic E-state index is 6.81. The van der Waals surface area contributed by atoms with E-state index in [2.05, 4.69) is 169 Å². The second-order valence-electron chi connectivity index (χ2n) is 13.4. The zero-order valence-corrected chi connectivity index (χ0v) is 29.3. The van der Waals surface area contributed by atoms with Crippen LogP contribution in [0.1, 0.15) is 0 Å². The monoisotopic (exact) mass is 691 g/mol. The van der Waals surface area contributed by atoms with Gasteiger partial charge in [0.25, 0.3) is 0 Å². The number of aromatic nitrogens is 2. The van der Waals surface area contributed by atoms with Crippen molar-refractivity contribution in [3.63, 3.8) is 0 Å². The number of benzene rings is 8. The minimum absolute atomic E-state index is 0.648. The predicted molar refractivity (Wildman–Crippen MR) is 223 cm³/mol. The molecule has 0 spiro atoms. The van der Waals surface area contributed by atoms with Crippen molar-refractivity contribution >= 4 is 49.8 Å². The summed E-state index contributed by atoms with van der Waals surface area (Å²) in [6.45, 7) is 0. The quantitative estimate of drug-likeness (QED) is 0.167. The van der Waals surface area contributed by atoms with E-state index in [-0.39, 0.29) is 0 Å². The summed E-state index contributed by atoms with van der Waals surface area (Å²) in [4.78, 5) is 12.9. The van der Waals surface area contributed by atoms with Crippen LogP contribution in [0.15, 0.2) is 205 Å². The van der Waals surface area contributed by atoms with Crippen molar-refractivity contribution in [1.29, 1.82) is 0 Å². The molecule has 2 heterocycles. The molecule has 4 nitrogen and oxygen atoms in total. The lowest BCUT2D eigenvalue weighted by atomic mass is 9.98. The van der Waals surface area contributed by atoms with E-state index < -0.39 is 0 Å². The number of anilines is 3. The van der Waals surface area contributed by atoms with Gasteiger partial charge < -0.3 is 9.32 Å². The lowest BCUT2D eigenvalue weighted by Crippen LogP contribution is -2.09. The van der Waals surface area contributed by atoms with Crippen LogP contribution in [0.4, 0.5) is 17.1 Å². The summed E-state index contributed by atoms with van der Waals surface area (Å²) in [6, 6.07) is 69.6. The Labute approximate surface area is 313 Å². The Bertz CT molecular complexity index is 2870. The molecule has 0 N–H and O–H groups in total. The lowest BCUT2D eigenvalue weighted by Gasteiger charge is -2.26. The van der Waals surface area contributed by atoms with Crippen LogP contribution in [-0.2, 0) is 0 Å². The van der Waals surface area contributed by atoms with E-state index in [1.54, 1.807) is 0 Å².